The normalized spacial score (nSPS) is 17.3. The fourth-order valence-electron chi connectivity index (χ4n) is 6.49. The molecule has 5 rings (SSSR count). The maximum atomic E-state index is 13.2. The molecule has 0 radical (unpaired) electrons. The first-order valence-corrected chi connectivity index (χ1v) is 17.9. The van der Waals surface area contributed by atoms with Crippen molar-refractivity contribution in [3.8, 4) is 11.8 Å². The molecule has 3 heterocycles. The van der Waals surface area contributed by atoms with Gasteiger partial charge in [-0.1, -0.05) is 24.3 Å². The molecular weight excluding hydrogens is 646 g/mol. The Morgan fingerprint density at radius 3 is 2.45 bits per heavy atom. The van der Waals surface area contributed by atoms with E-state index in [0.29, 0.717) is 63.7 Å². The zero-order valence-electron chi connectivity index (χ0n) is 31.7. The number of nitriles is 1. The van der Waals surface area contributed by atoms with Gasteiger partial charge in [0.05, 0.1) is 36.2 Å². The van der Waals surface area contributed by atoms with Crippen LogP contribution in [0.1, 0.15) is 72.0 Å². The second kappa shape index (κ2) is 15.4. The molecule has 0 aliphatic carbocycles. The maximum absolute atomic E-state index is 13.2. The van der Waals surface area contributed by atoms with Crippen LogP contribution in [0.15, 0.2) is 36.4 Å². The van der Waals surface area contributed by atoms with Gasteiger partial charge in [0.2, 0.25) is 0 Å². The molecule has 3 aromatic rings. The van der Waals surface area contributed by atoms with Crippen LogP contribution in [-0.4, -0.2) is 96.6 Å². The van der Waals surface area contributed by atoms with Crippen molar-refractivity contribution in [1.29, 1.82) is 5.26 Å². The average Bonchev–Trinajstić information content (AvgIpc) is 3.06. The van der Waals surface area contributed by atoms with Crippen LogP contribution in [0.3, 0.4) is 0 Å². The number of likely N-dealkylation sites (N-methyl/N-ethyl adjacent to an activating group) is 1. The molecule has 51 heavy (non-hydrogen) atoms. The molecule has 2 atom stereocenters. The fraction of sp³-hybridized carbons (Fsp3) is 0.564. The number of aromatic nitrogens is 2. The topological polar surface area (TPSA) is 124 Å². The summed E-state index contributed by atoms with van der Waals surface area (Å²) in [6.07, 6.45) is 0.732. The van der Waals surface area contributed by atoms with Crippen molar-refractivity contribution in [1.82, 2.24) is 19.8 Å². The lowest BCUT2D eigenvalue weighted by molar-refractivity contribution is -0.142. The molecule has 2 aliphatic heterocycles. The number of piperazine rings is 1. The van der Waals surface area contributed by atoms with Crippen LogP contribution in [-0.2, 0) is 33.7 Å². The number of rotatable bonds is 9. The molecule has 1 fully saturated rings. The van der Waals surface area contributed by atoms with Crippen LogP contribution in [0, 0.1) is 16.7 Å². The lowest BCUT2D eigenvalue weighted by atomic mass is 9.97. The quantitative estimate of drug-likeness (QED) is 0.150. The van der Waals surface area contributed by atoms with Gasteiger partial charge in [0, 0.05) is 61.9 Å². The van der Waals surface area contributed by atoms with E-state index in [-0.39, 0.29) is 24.7 Å². The third-order valence-corrected chi connectivity index (χ3v) is 9.10. The third-order valence-electron chi connectivity index (χ3n) is 9.10. The van der Waals surface area contributed by atoms with E-state index in [4.69, 9.17) is 24.2 Å². The molecule has 0 saturated carbocycles. The lowest BCUT2D eigenvalue weighted by Gasteiger charge is -2.42. The number of carbonyl (C=O) groups is 2. The monoisotopic (exact) mass is 699 g/mol. The van der Waals surface area contributed by atoms with E-state index in [1.165, 1.54) is 0 Å². The number of amides is 1. The number of benzene rings is 2. The Labute approximate surface area is 302 Å². The van der Waals surface area contributed by atoms with E-state index in [9.17, 15) is 14.9 Å². The summed E-state index contributed by atoms with van der Waals surface area (Å²) < 4.78 is 17.7. The Morgan fingerprint density at radius 1 is 1.04 bits per heavy atom. The predicted octanol–water partition coefficient (Wildman–Crippen LogP) is 5.95. The number of hydrogen-bond acceptors (Lipinski definition) is 11. The molecular formula is C39H53N7O5. The van der Waals surface area contributed by atoms with Gasteiger partial charge in [-0.25, -0.2) is 14.8 Å². The van der Waals surface area contributed by atoms with E-state index in [0.717, 1.165) is 33.5 Å². The van der Waals surface area contributed by atoms with Crippen LogP contribution in [0.5, 0.6) is 5.75 Å². The van der Waals surface area contributed by atoms with E-state index in [1.807, 2.05) is 97.8 Å². The SMILES string of the molecule is CCOC(Cc1nc2c(c(N3CCN(C(=O)OC(C)(C)C)[C@@H](CC#N)C3)n1)CCN(c1cc(OC(=O)C(C)(C)C)cc3ccccc13)C2)N(C)C. The van der Waals surface area contributed by atoms with Crippen molar-refractivity contribution >= 4 is 34.3 Å². The van der Waals surface area contributed by atoms with E-state index >= 15 is 0 Å². The molecule has 0 bridgehead atoms. The molecule has 0 spiro atoms. The molecule has 1 unspecified atom stereocenters. The Kier molecular flexibility index (Phi) is 11.4. The van der Waals surface area contributed by atoms with Crippen molar-refractivity contribution in [2.45, 2.75) is 92.1 Å². The highest BCUT2D eigenvalue weighted by Crippen LogP contribution is 2.37. The van der Waals surface area contributed by atoms with Crippen LogP contribution < -0.4 is 14.5 Å². The number of hydrogen-bond donors (Lipinski definition) is 0. The van der Waals surface area contributed by atoms with Gasteiger partial charge in [-0.15, -0.1) is 0 Å². The molecule has 2 aromatic carbocycles. The second-order valence-corrected chi connectivity index (χ2v) is 15.6. The fourth-order valence-corrected chi connectivity index (χ4v) is 6.49. The summed E-state index contributed by atoms with van der Waals surface area (Å²) >= 11 is 0. The number of anilines is 2. The molecule has 1 saturated heterocycles. The number of carbonyl (C=O) groups excluding carboxylic acids is 2. The Morgan fingerprint density at radius 2 is 1.78 bits per heavy atom. The summed E-state index contributed by atoms with van der Waals surface area (Å²) in [6.45, 7) is 16.2. The second-order valence-electron chi connectivity index (χ2n) is 15.6. The first kappa shape index (κ1) is 37.8. The third kappa shape index (κ3) is 9.07. The molecule has 12 heteroatoms. The molecule has 2 aliphatic rings. The molecule has 1 amide bonds. The Hall–Kier alpha value is -4.47. The van der Waals surface area contributed by atoms with Gasteiger partial charge in [-0.05, 0) is 80.4 Å². The van der Waals surface area contributed by atoms with Gasteiger partial charge in [0.25, 0.3) is 0 Å². The smallest absolute Gasteiger partial charge is 0.410 e. The van der Waals surface area contributed by atoms with Crippen LogP contribution >= 0.6 is 0 Å². The minimum absolute atomic E-state index is 0.180. The van der Waals surface area contributed by atoms with Gasteiger partial charge in [0.15, 0.2) is 0 Å². The highest BCUT2D eigenvalue weighted by atomic mass is 16.6. The number of nitrogens with zero attached hydrogens (tertiary/aromatic N) is 7. The van der Waals surface area contributed by atoms with Gasteiger partial charge in [-0.3, -0.25) is 9.69 Å². The van der Waals surface area contributed by atoms with Crippen molar-refractivity contribution < 1.29 is 23.8 Å². The Bertz CT molecular complexity index is 1770. The van der Waals surface area contributed by atoms with Gasteiger partial charge in [-0.2, -0.15) is 5.26 Å². The van der Waals surface area contributed by atoms with E-state index in [1.54, 1.807) is 4.90 Å². The minimum Gasteiger partial charge on any atom is -0.444 e. The van der Waals surface area contributed by atoms with E-state index in [2.05, 4.69) is 21.9 Å². The molecule has 12 nitrogen and oxygen atoms in total. The summed E-state index contributed by atoms with van der Waals surface area (Å²) in [5.74, 6) is 1.73. The van der Waals surface area contributed by atoms with Gasteiger partial charge >= 0.3 is 12.1 Å². The van der Waals surface area contributed by atoms with Crippen LogP contribution in [0.4, 0.5) is 16.3 Å². The lowest BCUT2D eigenvalue weighted by Crippen LogP contribution is -2.56. The summed E-state index contributed by atoms with van der Waals surface area (Å²) in [6, 6.07) is 13.9. The average molecular weight is 700 g/mol. The first-order chi connectivity index (χ1) is 24.1. The number of esters is 1. The summed E-state index contributed by atoms with van der Waals surface area (Å²) in [5, 5.41) is 11.8. The summed E-state index contributed by atoms with van der Waals surface area (Å²) in [4.78, 5) is 44.6. The van der Waals surface area contributed by atoms with Crippen molar-refractivity contribution in [3.05, 3.63) is 53.5 Å². The molecule has 274 valence electrons. The zero-order chi connectivity index (χ0) is 37.1. The van der Waals surface area contributed by atoms with Gasteiger partial charge < -0.3 is 28.9 Å². The zero-order valence-corrected chi connectivity index (χ0v) is 31.7. The summed E-state index contributed by atoms with van der Waals surface area (Å²) in [7, 11) is 3.96. The minimum atomic E-state index is -0.643. The van der Waals surface area contributed by atoms with Gasteiger partial charge in [0.1, 0.15) is 29.2 Å². The van der Waals surface area contributed by atoms with Crippen molar-refractivity contribution in [2.75, 3.05) is 56.7 Å². The highest BCUT2D eigenvalue weighted by molar-refractivity contribution is 5.96. The van der Waals surface area contributed by atoms with Crippen LogP contribution in [0.2, 0.25) is 0 Å². The van der Waals surface area contributed by atoms with E-state index < -0.39 is 17.1 Å². The molecule has 0 N–H and O–H groups in total. The first-order valence-electron chi connectivity index (χ1n) is 17.9. The number of ether oxygens (including phenoxy) is 3. The maximum Gasteiger partial charge on any atom is 0.410 e. The molecule has 1 aromatic heterocycles. The highest BCUT2D eigenvalue weighted by Gasteiger charge is 2.36. The number of fused-ring (bicyclic) bond motifs is 2. The van der Waals surface area contributed by atoms with Crippen molar-refractivity contribution in [3.63, 3.8) is 0 Å². The predicted molar refractivity (Wildman–Crippen MR) is 198 cm³/mol. The van der Waals surface area contributed by atoms with Crippen molar-refractivity contribution in [2.24, 2.45) is 5.41 Å². The van der Waals surface area contributed by atoms with Crippen LogP contribution in [0.25, 0.3) is 10.8 Å². The largest absolute Gasteiger partial charge is 0.444 e. The standard InChI is InChI=1S/C39H53N7O5/c1-10-49-34(43(8)9)23-33-41-31-25-44(32-22-28(50-36(47)38(2,3)4)21-26-13-11-12-14-29(26)32)18-16-30(31)35(42-33)45-19-20-46(27(24-45)15-17-40)37(48)51-39(5,6)7/h11-14,21-22,27,34H,10,15-16,18-20,23-25H2,1-9H3/t27-,34?/m0/s1. The Balaban J connectivity index is 1.53. The summed E-state index contributed by atoms with van der Waals surface area (Å²) in [5.41, 5.74) is 1.67.